The Morgan fingerprint density at radius 3 is 1.87 bits per heavy atom. The molecular formula is C49H80O18. The first-order valence-corrected chi connectivity index (χ1v) is 25.0. The van der Waals surface area contributed by atoms with E-state index in [-0.39, 0.29) is 46.0 Å². The van der Waals surface area contributed by atoms with Crippen LogP contribution in [-0.4, -0.2) is 188 Å². The average molecular weight is 957 g/mol. The normalized spacial score (nSPS) is 58.3. The topological polar surface area (TPSA) is 276 Å². The van der Waals surface area contributed by atoms with Crippen molar-refractivity contribution >= 4 is 0 Å². The van der Waals surface area contributed by atoms with Crippen LogP contribution in [0.25, 0.3) is 0 Å². The lowest BCUT2D eigenvalue weighted by Crippen LogP contribution is -2.66. The van der Waals surface area contributed by atoms with Crippen molar-refractivity contribution in [1.82, 2.24) is 0 Å². The van der Waals surface area contributed by atoms with E-state index in [1.54, 1.807) is 7.11 Å². The summed E-state index contributed by atoms with van der Waals surface area (Å²) in [5.41, 5.74) is 0.314. The van der Waals surface area contributed by atoms with E-state index in [1.165, 1.54) is 13.8 Å². The second kappa shape index (κ2) is 18.2. The largest absolute Gasteiger partial charge is 0.396 e. The molecule has 0 aromatic carbocycles. The van der Waals surface area contributed by atoms with Crippen LogP contribution in [0.1, 0.15) is 106 Å². The van der Waals surface area contributed by atoms with E-state index in [9.17, 15) is 51.1 Å². The zero-order chi connectivity index (χ0) is 48.5. The smallest absolute Gasteiger partial charge is 0.187 e. The van der Waals surface area contributed by atoms with Gasteiger partial charge in [-0.15, -0.1) is 0 Å². The molecule has 18 nitrogen and oxygen atoms in total. The molecule has 0 aromatic heterocycles. The van der Waals surface area contributed by atoms with E-state index in [0.717, 1.165) is 56.9 Å². The summed E-state index contributed by atoms with van der Waals surface area (Å²) in [6.07, 6.45) is -13.7. The molecule has 67 heavy (non-hydrogen) atoms. The number of hydrogen-bond acceptors (Lipinski definition) is 18. The lowest BCUT2D eigenvalue weighted by Gasteiger charge is -2.64. The summed E-state index contributed by atoms with van der Waals surface area (Å²) >= 11 is 0. The Morgan fingerprint density at radius 1 is 0.597 bits per heavy atom. The first-order chi connectivity index (χ1) is 31.5. The molecule has 10 N–H and O–H groups in total. The van der Waals surface area contributed by atoms with Crippen molar-refractivity contribution < 1.29 is 89.0 Å². The van der Waals surface area contributed by atoms with Crippen LogP contribution in [0, 0.1) is 50.7 Å². The minimum atomic E-state index is -1.75. The Morgan fingerprint density at radius 2 is 1.22 bits per heavy atom. The van der Waals surface area contributed by atoms with Crippen molar-refractivity contribution in [1.29, 1.82) is 0 Å². The van der Waals surface area contributed by atoms with Gasteiger partial charge in [-0.25, -0.2) is 0 Å². The number of fused-ring (bicyclic) bond motifs is 2. The van der Waals surface area contributed by atoms with Crippen molar-refractivity contribution in [2.24, 2.45) is 50.7 Å². The van der Waals surface area contributed by atoms with Crippen LogP contribution < -0.4 is 0 Å². The van der Waals surface area contributed by atoms with Gasteiger partial charge in [0.1, 0.15) is 67.1 Å². The standard InChI is InChI=1S/C49H80O18/c1-21(2)17-25-33(53)30(41(60-8)64-25)24-11-13-47(7)28-10-9-27-45(5,20-50)29(12-14-48(27)19-49(28,48)16-15-46(24,47)6)66-44-40(67-43-39(59)36(56)32(52)23(4)63-43)37(57)34(54)26(65-44)18-61-42-38(58)35(55)31(51)22(3)62-42/h17,22-44,50-59H,9-16,18-20H2,1-8H3/t22-,23-,24+,25+,26+,27?,28-,29-,30-,31-,32-,33-,34+,35+,36+,37-,38+,39+,40+,41-,42+,43-,44-,45+,46+,47-,48+,49-/m0/s1. The van der Waals surface area contributed by atoms with Gasteiger partial charge in [0.05, 0.1) is 37.6 Å². The molecule has 4 saturated heterocycles. The van der Waals surface area contributed by atoms with E-state index in [2.05, 4.69) is 20.8 Å². The fourth-order valence-electron chi connectivity index (χ4n) is 16.2. The third kappa shape index (κ3) is 7.71. The molecule has 9 fully saturated rings. The zero-order valence-electron chi connectivity index (χ0n) is 40.4. The van der Waals surface area contributed by atoms with Gasteiger partial charge in [0.15, 0.2) is 25.2 Å². The van der Waals surface area contributed by atoms with Crippen LogP contribution in [-0.2, 0) is 37.9 Å². The van der Waals surface area contributed by atoms with Gasteiger partial charge in [0.25, 0.3) is 0 Å². The van der Waals surface area contributed by atoms with E-state index in [0.29, 0.717) is 12.3 Å². The Hall–Kier alpha value is -0.980. The number of aliphatic hydroxyl groups excluding tert-OH is 10. The summed E-state index contributed by atoms with van der Waals surface area (Å²) in [6.45, 7) is 13.4. The van der Waals surface area contributed by atoms with Crippen LogP contribution in [0.4, 0.5) is 0 Å². The summed E-state index contributed by atoms with van der Waals surface area (Å²) in [5, 5.41) is 110. The van der Waals surface area contributed by atoms with Crippen LogP contribution in [0.2, 0.25) is 0 Å². The van der Waals surface area contributed by atoms with E-state index < -0.39 is 129 Å². The van der Waals surface area contributed by atoms with Gasteiger partial charge >= 0.3 is 0 Å². The number of aliphatic hydroxyl groups is 10. The molecular weight excluding hydrogens is 877 g/mol. The lowest BCUT2D eigenvalue weighted by atomic mass is 9.41. The molecule has 0 amide bonds. The molecule has 9 rings (SSSR count). The zero-order valence-corrected chi connectivity index (χ0v) is 40.4. The van der Waals surface area contributed by atoms with Crippen LogP contribution in [0.15, 0.2) is 11.6 Å². The van der Waals surface area contributed by atoms with Crippen molar-refractivity contribution in [2.75, 3.05) is 20.3 Å². The Balaban J connectivity index is 0.953. The molecule has 4 aliphatic heterocycles. The van der Waals surface area contributed by atoms with Crippen molar-refractivity contribution in [3.05, 3.63) is 11.6 Å². The molecule has 384 valence electrons. The minimum Gasteiger partial charge on any atom is -0.396 e. The monoisotopic (exact) mass is 957 g/mol. The van der Waals surface area contributed by atoms with Gasteiger partial charge in [-0.3, -0.25) is 0 Å². The van der Waals surface area contributed by atoms with Gasteiger partial charge in [-0.2, -0.15) is 0 Å². The maximum atomic E-state index is 11.8. The molecule has 0 aromatic rings. The third-order valence-corrected chi connectivity index (χ3v) is 20.1. The maximum Gasteiger partial charge on any atom is 0.187 e. The quantitative estimate of drug-likeness (QED) is 0.100. The Bertz CT molecular complexity index is 1800. The first-order valence-electron chi connectivity index (χ1n) is 25.0. The number of rotatable bonds is 11. The molecule has 28 atom stereocenters. The highest BCUT2D eigenvalue weighted by atomic mass is 16.8. The van der Waals surface area contributed by atoms with Crippen molar-refractivity contribution in [3.63, 3.8) is 0 Å². The summed E-state index contributed by atoms with van der Waals surface area (Å²) in [6, 6.07) is 0. The molecule has 0 bridgehead atoms. The molecule has 2 spiro atoms. The van der Waals surface area contributed by atoms with Crippen LogP contribution >= 0.6 is 0 Å². The molecule has 5 saturated carbocycles. The SMILES string of the molecule is CO[C@H]1O[C@H](C=C(C)C)[C@H](O)[C@@H]1[C@H]1CC[C@@]2(C)[C@@H]3CCC4[C@@]5(CC[C@H](O[C@@H]6O[C@H](CO[C@@H]7O[C@@H](C)[C@H](O)[C@@H](O)[C@H]7O)[C@@H](O)[C@H](O)[C@H]6O[C@@H]6O[C@@H](C)[C@H](O)[C@@H](O)[C@H]6O)[C@]4(C)CO)C[C@@]35CC[C@]12C. The van der Waals surface area contributed by atoms with Crippen molar-refractivity contribution in [3.8, 4) is 0 Å². The molecule has 0 radical (unpaired) electrons. The number of allylic oxidation sites excluding steroid dienone is 1. The van der Waals surface area contributed by atoms with Gasteiger partial charge in [-0.05, 0) is 125 Å². The molecule has 5 aliphatic carbocycles. The maximum absolute atomic E-state index is 11.8. The molecule has 4 heterocycles. The highest BCUT2D eigenvalue weighted by molar-refractivity contribution is 5.31. The second-order valence-corrected chi connectivity index (χ2v) is 23.3. The van der Waals surface area contributed by atoms with Gasteiger partial charge in [0.2, 0.25) is 0 Å². The average Bonchev–Trinajstić information content (AvgIpc) is 3.76. The first kappa shape index (κ1) is 50.9. The lowest BCUT2D eigenvalue weighted by molar-refractivity contribution is -0.380. The Kier molecular flexibility index (Phi) is 13.8. The number of methoxy groups -OCH3 is 1. The van der Waals surface area contributed by atoms with E-state index >= 15 is 0 Å². The fourth-order valence-corrected chi connectivity index (χ4v) is 16.2. The second-order valence-electron chi connectivity index (χ2n) is 23.3. The number of ether oxygens (including phenoxy) is 8. The predicted octanol–water partition coefficient (Wildman–Crippen LogP) is 0.601. The third-order valence-electron chi connectivity index (χ3n) is 20.1. The van der Waals surface area contributed by atoms with Crippen LogP contribution in [0.5, 0.6) is 0 Å². The van der Waals surface area contributed by atoms with Gasteiger partial charge < -0.3 is 89.0 Å². The van der Waals surface area contributed by atoms with Gasteiger partial charge in [-0.1, -0.05) is 32.4 Å². The van der Waals surface area contributed by atoms with Gasteiger partial charge in [0, 0.05) is 18.4 Å². The summed E-state index contributed by atoms with van der Waals surface area (Å²) in [7, 11) is 1.67. The highest BCUT2D eigenvalue weighted by Crippen LogP contribution is 2.89. The van der Waals surface area contributed by atoms with Crippen LogP contribution in [0.3, 0.4) is 0 Å². The minimum absolute atomic E-state index is 0.00995. The summed E-state index contributed by atoms with van der Waals surface area (Å²) in [5.74, 6) is 0.597. The molecule has 1 unspecified atom stereocenters. The van der Waals surface area contributed by atoms with E-state index in [4.69, 9.17) is 37.9 Å². The molecule has 9 aliphatic rings. The fraction of sp³-hybridized carbons (Fsp3) is 0.959. The predicted molar refractivity (Wildman–Crippen MR) is 234 cm³/mol. The summed E-state index contributed by atoms with van der Waals surface area (Å²) in [4.78, 5) is 0. The van der Waals surface area contributed by atoms with Crippen molar-refractivity contribution in [2.45, 2.75) is 223 Å². The number of hydrogen-bond donors (Lipinski definition) is 10. The Labute approximate surface area is 393 Å². The highest BCUT2D eigenvalue weighted by Gasteiger charge is 2.83. The summed E-state index contributed by atoms with van der Waals surface area (Å²) < 4.78 is 48.9. The molecule has 18 heteroatoms. The van der Waals surface area contributed by atoms with E-state index in [1.807, 2.05) is 19.9 Å².